The Labute approximate surface area is 121 Å². The maximum Gasteiger partial charge on any atom is 0.251 e. The van der Waals surface area contributed by atoms with Crippen LogP contribution in [0, 0.1) is 0 Å². The van der Waals surface area contributed by atoms with Gasteiger partial charge in [-0.3, -0.25) is 4.79 Å². The quantitative estimate of drug-likeness (QED) is 0.584. The molecule has 1 aromatic rings. The van der Waals surface area contributed by atoms with E-state index in [0.29, 0.717) is 18.5 Å². The van der Waals surface area contributed by atoms with Gasteiger partial charge in [0.1, 0.15) is 5.75 Å². The number of nitrogens with one attached hydrogen (secondary N) is 1. The van der Waals surface area contributed by atoms with Crippen LogP contribution >= 0.6 is 0 Å². The van der Waals surface area contributed by atoms with E-state index in [0.717, 1.165) is 24.3 Å². The van der Waals surface area contributed by atoms with Crippen LogP contribution in [0.5, 0.6) is 5.75 Å². The average Bonchev–Trinajstić information content (AvgIpc) is 2.43. The highest BCUT2D eigenvalue weighted by Gasteiger charge is 2.09. The van der Waals surface area contributed by atoms with Crippen molar-refractivity contribution in [1.29, 1.82) is 0 Å². The Morgan fingerprint density at radius 2 is 2.20 bits per heavy atom. The van der Waals surface area contributed by atoms with Gasteiger partial charge in [0.15, 0.2) is 0 Å². The molecule has 20 heavy (non-hydrogen) atoms. The van der Waals surface area contributed by atoms with Gasteiger partial charge in [0.2, 0.25) is 0 Å². The number of nitrogens with zero attached hydrogens (tertiary/aromatic N) is 1. The number of carbonyl (C=O) groups excluding carboxylic acids is 1. The number of hydrogen-bond donors (Lipinski definition) is 1. The molecule has 1 rings (SSSR count). The zero-order valence-corrected chi connectivity index (χ0v) is 12.6. The van der Waals surface area contributed by atoms with E-state index in [9.17, 15) is 4.79 Å². The molecule has 1 amide bonds. The highest BCUT2D eigenvalue weighted by Crippen LogP contribution is 2.20. The first-order chi connectivity index (χ1) is 9.58. The standard InChI is InChI=1S/C16H24N2O2/c1-5-7-13-12-14(8-9-15(13)20-4)16(19)17-10-6-11-18(2)3/h5,8-9,12H,1,6-7,10-11H2,2-4H3,(H,17,19). The van der Waals surface area contributed by atoms with Crippen molar-refractivity contribution in [2.75, 3.05) is 34.3 Å². The molecule has 0 saturated heterocycles. The molecule has 0 aliphatic carbocycles. The third-order valence-corrected chi connectivity index (χ3v) is 2.97. The lowest BCUT2D eigenvalue weighted by atomic mass is 10.1. The molecule has 1 N–H and O–H groups in total. The van der Waals surface area contributed by atoms with Crippen molar-refractivity contribution < 1.29 is 9.53 Å². The van der Waals surface area contributed by atoms with Gasteiger partial charge in [-0.1, -0.05) is 6.08 Å². The molecule has 0 unspecified atom stereocenters. The molecule has 0 aliphatic heterocycles. The summed E-state index contributed by atoms with van der Waals surface area (Å²) < 4.78 is 5.27. The van der Waals surface area contributed by atoms with E-state index in [1.54, 1.807) is 19.3 Å². The number of carbonyl (C=O) groups is 1. The van der Waals surface area contributed by atoms with Crippen molar-refractivity contribution in [1.82, 2.24) is 10.2 Å². The Morgan fingerprint density at radius 1 is 1.45 bits per heavy atom. The molecule has 0 atom stereocenters. The Morgan fingerprint density at radius 3 is 2.80 bits per heavy atom. The number of amides is 1. The van der Waals surface area contributed by atoms with Crippen LogP contribution in [-0.2, 0) is 6.42 Å². The third-order valence-electron chi connectivity index (χ3n) is 2.97. The zero-order chi connectivity index (χ0) is 15.0. The van der Waals surface area contributed by atoms with Crippen LogP contribution in [0.3, 0.4) is 0 Å². The topological polar surface area (TPSA) is 41.6 Å². The molecule has 0 fully saturated rings. The summed E-state index contributed by atoms with van der Waals surface area (Å²) >= 11 is 0. The van der Waals surface area contributed by atoms with E-state index in [1.165, 1.54) is 0 Å². The Balaban J connectivity index is 2.63. The summed E-state index contributed by atoms with van der Waals surface area (Å²) in [6, 6.07) is 5.47. The van der Waals surface area contributed by atoms with Gasteiger partial charge >= 0.3 is 0 Å². The van der Waals surface area contributed by atoms with Crippen molar-refractivity contribution in [2.45, 2.75) is 12.8 Å². The second-order valence-corrected chi connectivity index (χ2v) is 4.93. The minimum Gasteiger partial charge on any atom is -0.496 e. The average molecular weight is 276 g/mol. The highest BCUT2D eigenvalue weighted by molar-refractivity contribution is 5.94. The summed E-state index contributed by atoms with van der Waals surface area (Å²) in [5, 5.41) is 2.93. The Hall–Kier alpha value is -1.81. The monoisotopic (exact) mass is 276 g/mol. The van der Waals surface area contributed by atoms with Crippen LogP contribution in [0.1, 0.15) is 22.3 Å². The lowest BCUT2D eigenvalue weighted by molar-refractivity contribution is 0.0952. The molecule has 0 heterocycles. The summed E-state index contributed by atoms with van der Waals surface area (Å²) in [5.41, 5.74) is 1.64. The minimum absolute atomic E-state index is 0.0447. The molecule has 110 valence electrons. The van der Waals surface area contributed by atoms with Gasteiger partial charge < -0.3 is 15.0 Å². The van der Waals surface area contributed by atoms with E-state index in [1.807, 2.05) is 26.2 Å². The molecule has 0 aliphatic rings. The second-order valence-electron chi connectivity index (χ2n) is 4.93. The van der Waals surface area contributed by atoms with Gasteiger partial charge in [-0.15, -0.1) is 6.58 Å². The summed E-state index contributed by atoms with van der Waals surface area (Å²) in [6.45, 7) is 5.37. The first kappa shape index (κ1) is 16.2. The van der Waals surface area contributed by atoms with Gasteiger partial charge in [0, 0.05) is 12.1 Å². The van der Waals surface area contributed by atoms with E-state index in [4.69, 9.17) is 4.74 Å². The van der Waals surface area contributed by atoms with Crippen molar-refractivity contribution in [3.63, 3.8) is 0 Å². The first-order valence-corrected chi connectivity index (χ1v) is 6.79. The molecule has 4 nitrogen and oxygen atoms in total. The Bertz CT molecular complexity index is 456. The first-order valence-electron chi connectivity index (χ1n) is 6.79. The summed E-state index contributed by atoms with van der Waals surface area (Å²) in [6.07, 6.45) is 3.43. The van der Waals surface area contributed by atoms with Crippen LogP contribution in [0.25, 0.3) is 0 Å². The smallest absolute Gasteiger partial charge is 0.251 e. The maximum absolute atomic E-state index is 12.1. The number of rotatable bonds is 8. The number of hydrogen-bond acceptors (Lipinski definition) is 3. The SMILES string of the molecule is C=CCc1cc(C(=O)NCCCN(C)C)ccc1OC. The fraction of sp³-hybridized carbons (Fsp3) is 0.438. The van der Waals surface area contributed by atoms with E-state index in [-0.39, 0.29) is 5.91 Å². The number of allylic oxidation sites excluding steroid dienone is 1. The fourth-order valence-electron chi connectivity index (χ4n) is 1.93. The van der Waals surface area contributed by atoms with Crippen LogP contribution in [0.4, 0.5) is 0 Å². The zero-order valence-electron chi connectivity index (χ0n) is 12.6. The summed E-state index contributed by atoms with van der Waals surface area (Å²) in [4.78, 5) is 14.2. The van der Waals surface area contributed by atoms with E-state index < -0.39 is 0 Å². The summed E-state index contributed by atoms with van der Waals surface area (Å²) in [7, 11) is 5.67. The summed E-state index contributed by atoms with van der Waals surface area (Å²) in [5.74, 6) is 0.741. The van der Waals surface area contributed by atoms with Crippen LogP contribution < -0.4 is 10.1 Å². The van der Waals surface area contributed by atoms with Crippen LogP contribution in [0.2, 0.25) is 0 Å². The molecule has 1 aromatic carbocycles. The molecule has 0 spiro atoms. The normalized spacial score (nSPS) is 10.4. The number of benzene rings is 1. The van der Waals surface area contributed by atoms with E-state index in [2.05, 4.69) is 16.8 Å². The van der Waals surface area contributed by atoms with Gasteiger partial charge in [-0.25, -0.2) is 0 Å². The molecular formula is C16H24N2O2. The largest absolute Gasteiger partial charge is 0.496 e. The van der Waals surface area contributed by atoms with Gasteiger partial charge in [-0.05, 0) is 57.2 Å². The highest BCUT2D eigenvalue weighted by atomic mass is 16.5. The Kier molecular flexibility index (Phi) is 6.81. The second kappa shape index (κ2) is 8.38. The van der Waals surface area contributed by atoms with Crippen molar-refractivity contribution in [3.05, 3.63) is 42.0 Å². The van der Waals surface area contributed by atoms with Crippen molar-refractivity contribution in [3.8, 4) is 5.75 Å². The van der Waals surface area contributed by atoms with Gasteiger partial charge in [0.05, 0.1) is 7.11 Å². The number of methoxy groups -OCH3 is 1. The predicted molar refractivity (Wildman–Crippen MR) is 82.4 cm³/mol. The molecule has 4 heteroatoms. The fourth-order valence-corrected chi connectivity index (χ4v) is 1.93. The third kappa shape index (κ3) is 5.05. The van der Waals surface area contributed by atoms with Crippen LogP contribution in [0.15, 0.2) is 30.9 Å². The molecule has 0 radical (unpaired) electrons. The van der Waals surface area contributed by atoms with Crippen LogP contribution in [-0.4, -0.2) is 45.1 Å². The van der Waals surface area contributed by atoms with Gasteiger partial charge in [0.25, 0.3) is 5.91 Å². The van der Waals surface area contributed by atoms with Crippen molar-refractivity contribution >= 4 is 5.91 Å². The van der Waals surface area contributed by atoms with Gasteiger partial charge in [-0.2, -0.15) is 0 Å². The molecule has 0 saturated carbocycles. The lowest BCUT2D eigenvalue weighted by Crippen LogP contribution is -2.27. The number of ether oxygens (including phenoxy) is 1. The maximum atomic E-state index is 12.1. The lowest BCUT2D eigenvalue weighted by Gasteiger charge is -2.11. The minimum atomic E-state index is -0.0447. The van der Waals surface area contributed by atoms with Crippen molar-refractivity contribution in [2.24, 2.45) is 0 Å². The van der Waals surface area contributed by atoms with E-state index >= 15 is 0 Å². The predicted octanol–water partition coefficient (Wildman–Crippen LogP) is 2.11. The molecule has 0 aromatic heterocycles. The molecular weight excluding hydrogens is 252 g/mol. The molecule has 0 bridgehead atoms.